The van der Waals surface area contributed by atoms with Gasteiger partial charge >= 0.3 is 0 Å². The third kappa shape index (κ3) is 5.70. The summed E-state index contributed by atoms with van der Waals surface area (Å²) in [7, 11) is 0. The first-order chi connectivity index (χ1) is 9.40. The molecular formula is C16H24FNO2. The van der Waals surface area contributed by atoms with Crippen LogP contribution in [0.3, 0.4) is 0 Å². The van der Waals surface area contributed by atoms with Crippen molar-refractivity contribution in [3.8, 4) is 0 Å². The molecule has 1 amide bonds. The number of nitrogens with one attached hydrogen (secondary N) is 1. The molecule has 0 saturated heterocycles. The van der Waals surface area contributed by atoms with Gasteiger partial charge in [0.05, 0.1) is 6.10 Å². The van der Waals surface area contributed by atoms with E-state index in [0.717, 1.165) is 0 Å². The average Bonchev–Trinajstić information content (AvgIpc) is 2.37. The smallest absolute Gasteiger partial charge is 0.223 e. The fourth-order valence-corrected chi connectivity index (χ4v) is 2.11. The molecule has 1 aromatic rings. The van der Waals surface area contributed by atoms with Gasteiger partial charge in [0.2, 0.25) is 5.91 Å². The summed E-state index contributed by atoms with van der Waals surface area (Å²) in [5.41, 5.74) is 0.540. The molecule has 0 aliphatic carbocycles. The quantitative estimate of drug-likeness (QED) is 0.807. The molecule has 0 saturated carbocycles. The van der Waals surface area contributed by atoms with E-state index in [4.69, 9.17) is 0 Å². The van der Waals surface area contributed by atoms with Gasteiger partial charge in [-0.05, 0) is 30.4 Å². The van der Waals surface area contributed by atoms with Crippen LogP contribution in [-0.2, 0) is 11.2 Å². The average molecular weight is 281 g/mol. The molecule has 0 aliphatic heterocycles. The molecular weight excluding hydrogens is 257 g/mol. The number of hydrogen-bond donors (Lipinski definition) is 2. The van der Waals surface area contributed by atoms with E-state index in [9.17, 15) is 14.3 Å². The van der Waals surface area contributed by atoms with Crippen LogP contribution in [0.5, 0.6) is 0 Å². The van der Waals surface area contributed by atoms with Gasteiger partial charge in [-0.25, -0.2) is 4.39 Å². The highest BCUT2D eigenvalue weighted by Crippen LogP contribution is 2.12. The maximum absolute atomic E-state index is 13.5. The SMILES string of the molecule is CC(C)CC(O)CNC(=O)C(C)Cc1ccccc1F. The predicted octanol–water partition coefficient (Wildman–Crippen LogP) is 2.53. The Morgan fingerprint density at radius 1 is 1.30 bits per heavy atom. The van der Waals surface area contributed by atoms with Crippen LogP contribution in [0.2, 0.25) is 0 Å². The molecule has 2 N–H and O–H groups in total. The minimum absolute atomic E-state index is 0.156. The number of carbonyl (C=O) groups is 1. The molecule has 0 spiro atoms. The van der Waals surface area contributed by atoms with Crippen molar-refractivity contribution in [2.75, 3.05) is 6.54 Å². The summed E-state index contributed by atoms with van der Waals surface area (Å²) < 4.78 is 13.5. The lowest BCUT2D eigenvalue weighted by Gasteiger charge is -2.16. The van der Waals surface area contributed by atoms with Crippen LogP contribution >= 0.6 is 0 Å². The van der Waals surface area contributed by atoms with E-state index in [1.165, 1.54) is 6.07 Å². The van der Waals surface area contributed by atoms with Crippen LogP contribution in [0.25, 0.3) is 0 Å². The minimum atomic E-state index is -0.528. The number of aliphatic hydroxyl groups excluding tert-OH is 1. The van der Waals surface area contributed by atoms with Gasteiger partial charge in [0.1, 0.15) is 5.82 Å². The first-order valence-electron chi connectivity index (χ1n) is 7.09. The van der Waals surface area contributed by atoms with Crippen molar-refractivity contribution >= 4 is 5.91 Å². The molecule has 0 bridgehead atoms. The molecule has 20 heavy (non-hydrogen) atoms. The molecule has 0 heterocycles. The van der Waals surface area contributed by atoms with E-state index < -0.39 is 6.10 Å². The zero-order valence-electron chi connectivity index (χ0n) is 12.4. The standard InChI is InChI=1S/C16H24FNO2/c1-11(2)8-14(19)10-18-16(20)12(3)9-13-6-4-5-7-15(13)17/h4-7,11-12,14,19H,8-10H2,1-3H3,(H,18,20). The molecule has 112 valence electrons. The third-order valence-electron chi connectivity index (χ3n) is 3.19. The summed E-state index contributed by atoms with van der Waals surface area (Å²) in [6, 6.07) is 6.47. The van der Waals surface area contributed by atoms with Crippen LogP contribution in [0.1, 0.15) is 32.8 Å². The lowest BCUT2D eigenvalue weighted by atomic mass is 9.99. The first kappa shape index (κ1) is 16.6. The molecule has 1 aromatic carbocycles. The number of aliphatic hydroxyl groups is 1. The van der Waals surface area contributed by atoms with Crippen molar-refractivity contribution in [1.82, 2.24) is 5.32 Å². The number of hydrogen-bond acceptors (Lipinski definition) is 2. The van der Waals surface area contributed by atoms with Crippen molar-refractivity contribution in [3.63, 3.8) is 0 Å². The highest BCUT2D eigenvalue weighted by Gasteiger charge is 2.16. The van der Waals surface area contributed by atoms with E-state index in [2.05, 4.69) is 5.32 Å². The van der Waals surface area contributed by atoms with Gasteiger partial charge in [-0.15, -0.1) is 0 Å². The highest BCUT2D eigenvalue weighted by atomic mass is 19.1. The lowest BCUT2D eigenvalue weighted by molar-refractivity contribution is -0.125. The van der Waals surface area contributed by atoms with Crippen molar-refractivity contribution in [3.05, 3.63) is 35.6 Å². The second-order valence-corrected chi connectivity index (χ2v) is 5.73. The summed E-state index contributed by atoms with van der Waals surface area (Å²) in [6.07, 6.45) is 0.487. The van der Waals surface area contributed by atoms with E-state index >= 15 is 0 Å². The fourth-order valence-electron chi connectivity index (χ4n) is 2.11. The number of benzene rings is 1. The minimum Gasteiger partial charge on any atom is -0.391 e. The first-order valence-corrected chi connectivity index (χ1v) is 7.09. The summed E-state index contributed by atoms with van der Waals surface area (Å²) in [4.78, 5) is 11.9. The van der Waals surface area contributed by atoms with Crippen molar-refractivity contribution in [1.29, 1.82) is 0 Å². The van der Waals surface area contributed by atoms with Gasteiger partial charge in [0.15, 0.2) is 0 Å². The number of halogens is 1. The molecule has 0 fully saturated rings. The molecule has 0 aromatic heterocycles. The molecule has 2 unspecified atom stereocenters. The topological polar surface area (TPSA) is 49.3 Å². The zero-order valence-corrected chi connectivity index (χ0v) is 12.4. The maximum atomic E-state index is 13.5. The molecule has 4 heteroatoms. The molecule has 0 aliphatic rings. The summed E-state index contributed by atoms with van der Waals surface area (Å²) in [5.74, 6) is -0.376. The normalized spacial score (nSPS) is 14.1. The van der Waals surface area contributed by atoms with Crippen molar-refractivity contribution in [2.45, 2.75) is 39.7 Å². The van der Waals surface area contributed by atoms with Crippen LogP contribution in [0.4, 0.5) is 4.39 Å². The molecule has 2 atom stereocenters. The Morgan fingerprint density at radius 3 is 2.55 bits per heavy atom. The van der Waals surface area contributed by atoms with Crippen LogP contribution < -0.4 is 5.32 Å². The Kier molecular flexibility index (Phi) is 6.65. The van der Waals surface area contributed by atoms with Gasteiger partial charge < -0.3 is 10.4 Å². The van der Waals surface area contributed by atoms with Crippen molar-refractivity contribution < 1.29 is 14.3 Å². The van der Waals surface area contributed by atoms with E-state index in [1.54, 1.807) is 25.1 Å². The van der Waals surface area contributed by atoms with Crippen molar-refractivity contribution in [2.24, 2.45) is 11.8 Å². The van der Waals surface area contributed by atoms with Gasteiger partial charge in [-0.2, -0.15) is 0 Å². The summed E-state index contributed by atoms with van der Waals surface area (Å²) in [6.45, 7) is 6.05. The number of amides is 1. The Bertz CT molecular complexity index is 434. The highest BCUT2D eigenvalue weighted by molar-refractivity contribution is 5.78. The van der Waals surface area contributed by atoms with Gasteiger partial charge in [0, 0.05) is 12.5 Å². The number of rotatable bonds is 7. The summed E-state index contributed by atoms with van der Waals surface area (Å²) >= 11 is 0. The Morgan fingerprint density at radius 2 is 1.95 bits per heavy atom. The van der Waals surface area contributed by atoms with Crippen LogP contribution in [0.15, 0.2) is 24.3 Å². The zero-order chi connectivity index (χ0) is 15.1. The maximum Gasteiger partial charge on any atom is 0.223 e. The van der Waals surface area contributed by atoms with Crippen LogP contribution in [-0.4, -0.2) is 23.7 Å². The second kappa shape index (κ2) is 8.00. The van der Waals surface area contributed by atoms with Gasteiger partial charge in [0.25, 0.3) is 0 Å². The predicted molar refractivity (Wildman–Crippen MR) is 77.7 cm³/mol. The Balaban J connectivity index is 2.42. The monoisotopic (exact) mass is 281 g/mol. The fraction of sp³-hybridized carbons (Fsp3) is 0.562. The molecule has 1 rings (SSSR count). The van der Waals surface area contributed by atoms with Gasteiger partial charge in [-0.3, -0.25) is 4.79 Å². The van der Waals surface area contributed by atoms with E-state index in [0.29, 0.717) is 24.3 Å². The van der Waals surface area contributed by atoms with Crippen LogP contribution in [0, 0.1) is 17.7 Å². The third-order valence-corrected chi connectivity index (χ3v) is 3.19. The number of carbonyl (C=O) groups excluding carboxylic acids is 1. The summed E-state index contributed by atoms with van der Waals surface area (Å²) in [5, 5.41) is 12.4. The Labute approximate surface area is 120 Å². The second-order valence-electron chi connectivity index (χ2n) is 5.73. The van der Waals surface area contributed by atoms with E-state index in [-0.39, 0.29) is 24.2 Å². The molecule has 3 nitrogen and oxygen atoms in total. The lowest BCUT2D eigenvalue weighted by Crippen LogP contribution is -2.36. The van der Waals surface area contributed by atoms with E-state index in [1.807, 2.05) is 13.8 Å². The largest absolute Gasteiger partial charge is 0.391 e. The Hall–Kier alpha value is -1.42. The van der Waals surface area contributed by atoms with Gasteiger partial charge in [-0.1, -0.05) is 39.0 Å². The molecule has 0 radical (unpaired) electrons.